The van der Waals surface area contributed by atoms with Crippen molar-refractivity contribution in [3.05, 3.63) is 82.9 Å². The van der Waals surface area contributed by atoms with Crippen molar-refractivity contribution in [2.24, 2.45) is 0 Å². The molecule has 0 spiro atoms. The van der Waals surface area contributed by atoms with Crippen LogP contribution in [0.2, 0.25) is 0 Å². The summed E-state index contributed by atoms with van der Waals surface area (Å²) < 4.78 is 0. The van der Waals surface area contributed by atoms with Crippen molar-refractivity contribution in [2.45, 2.75) is 25.7 Å². The standard InChI is InChI=1S/C20H18/c1-13-16-8-5-6-9-17(16)14(2)20-18(13)12-11-15-7-3-4-10-19(15)20/h3-14H,1-2H3. The lowest BCUT2D eigenvalue weighted by Crippen LogP contribution is -2.15. The molecule has 0 N–H and O–H groups in total. The fourth-order valence-electron chi connectivity index (χ4n) is 3.80. The highest BCUT2D eigenvalue weighted by atomic mass is 14.3. The number of rotatable bonds is 0. The van der Waals surface area contributed by atoms with Gasteiger partial charge in [-0.15, -0.1) is 0 Å². The van der Waals surface area contributed by atoms with Gasteiger partial charge in [0.2, 0.25) is 0 Å². The van der Waals surface area contributed by atoms with Crippen molar-refractivity contribution in [3.63, 3.8) is 0 Å². The molecule has 0 saturated carbocycles. The van der Waals surface area contributed by atoms with Crippen LogP contribution in [-0.4, -0.2) is 0 Å². The molecule has 4 rings (SSSR count). The van der Waals surface area contributed by atoms with Gasteiger partial charge in [0, 0.05) is 11.8 Å². The lowest BCUT2D eigenvalue weighted by atomic mass is 9.72. The topological polar surface area (TPSA) is 0 Å². The molecule has 0 amide bonds. The van der Waals surface area contributed by atoms with Crippen LogP contribution in [0.3, 0.4) is 0 Å². The van der Waals surface area contributed by atoms with Crippen molar-refractivity contribution >= 4 is 10.8 Å². The molecular formula is C20H18. The van der Waals surface area contributed by atoms with E-state index in [1.807, 2.05) is 0 Å². The van der Waals surface area contributed by atoms with E-state index < -0.39 is 0 Å². The average molecular weight is 258 g/mol. The van der Waals surface area contributed by atoms with E-state index >= 15 is 0 Å². The van der Waals surface area contributed by atoms with Crippen LogP contribution in [0, 0.1) is 0 Å². The molecule has 0 heterocycles. The first-order valence-electron chi connectivity index (χ1n) is 7.37. The van der Waals surface area contributed by atoms with Crippen LogP contribution < -0.4 is 0 Å². The van der Waals surface area contributed by atoms with E-state index in [0.29, 0.717) is 11.8 Å². The van der Waals surface area contributed by atoms with Gasteiger partial charge in [0.25, 0.3) is 0 Å². The molecule has 0 saturated heterocycles. The molecule has 2 atom stereocenters. The van der Waals surface area contributed by atoms with Crippen LogP contribution in [0.15, 0.2) is 60.7 Å². The third kappa shape index (κ3) is 1.48. The molecule has 0 heteroatoms. The van der Waals surface area contributed by atoms with Gasteiger partial charge in [-0.1, -0.05) is 74.5 Å². The molecule has 3 aromatic rings. The van der Waals surface area contributed by atoms with E-state index in [1.54, 1.807) is 0 Å². The molecule has 0 bridgehead atoms. The summed E-state index contributed by atoms with van der Waals surface area (Å²) in [5, 5.41) is 2.77. The largest absolute Gasteiger partial charge is 0.0620 e. The number of hydrogen-bond donors (Lipinski definition) is 0. The van der Waals surface area contributed by atoms with Crippen molar-refractivity contribution in [2.75, 3.05) is 0 Å². The van der Waals surface area contributed by atoms with Crippen LogP contribution in [0.4, 0.5) is 0 Å². The molecule has 98 valence electrons. The van der Waals surface area contributed by atoms with Crippen LogP contribution in [0.1, 0.15) is 47.9 Å². The molecular weight excluding hydrogens is 240 g/mol. The molecule has 0 nitrogen and oxygen atoms in total. The highest BCUT2D eigenvalue weighted by molar-refractivity contribution is 5.88. The Morgan fingerprint density at radius 3 is 2.05 bits per heavy atom. The van der Waals surface area contributed by atoms with Gasteiger partial charge in [-0.05, 0) is 33.0 Å². The zero-order chi connectivity index (χ0) is 13.7. The molecule has 3 aromatic carbocycles. The van der Waals surface area contributed by atoms with Gasteiger partial charge in [-0.25, -0.2) is 0 Å². The maximum absolute atomic E-state index is 2.34. The van der Waals surface area contributed by atoms with E-state index in [9.17, 15) is 0 Å². The summed E-state index contributed by atoms with van der Waals surface area (Å²) in [6.07, 6.45) is 0. The summed E-state index contributed by atoms with van der Waals surface area (Å²) in [5.41, 5.74) is 6.00. The van der Waals surface area contributed by atoms with E-state index in [0.717, 1.165) is 0 Å². The van der Waals surface area contributed by atoms with Gasteiger partial charge in [0.1, 0.15) is 0 Å². The Bertz CT molecular complexity index is 798. The quantitative estimate of drug-likeness (QED) is 0.502. The summed E-state index contributed by atoms with van der Waals surface area (Å²) in [5.74, 6) is 0.963. The number of benzene rings is 3. The average Bonchev–Trinajstić information content (AvgIpc) is 2.51. The number of fused-ring (bicyclic) bond motifs is 4. The predicted octanol–water partition coefficient (Wildman–Crippen LogP) is 5.46. The molecule has 1 aliphatic rings. The normalized spacial score (nSPS) is 20.5. The summed E-state index contributed by atoms with van der Waals surface area (Å²) in [6.45, 7) is 4.67. The fraction of sp³-hybridized carbons (Fsp3) is 0.200. The Hall–Kier alpha value is -2.08. The molecule has 0 aliphatic heterocycles. The minimum absolute atomic E-state index is 0.475. The zero-order valence-electron chi connectivity index (χ0n) is 11.9. The summed E-state index contributed by atoms with van der Waals surface area (Å²) in [7, 11) is 0. The second kappa shape index (κ2) is 4.21. The third-order valence-electron chi connectivity index (χ3n) is 4.83. The van der Waals surface area contributed by atoms with Gasteiger partial charge in [0.05, 0.1) is 0 Å². The van der Waals surface area contributed by atoms with E-state index in [2.05, 4.69) is 74.5 Å². The Kier molecular flexibility index (Phi) is 2.47. The predicted molar refractivity (Wildman–Crippen MR) is 85.4 cm³/mol. The monoisotopic (exact) mass is 258 g/mol. The molecule has 20 heavy (non-hydrogen) atoms. The highest BCUT2D eigenvalue weighted by Crippen LogP contribution is 2.45. The van der Waals surface area contributed by atoms with Gasteiger partial charge in [0.15, 0.2) is 0 Å². The Morgan fingerprint density at radius 1 is 0.600 bits per heavy atom. The Balaban J connectivity index is 2.08. The minimum Gasteiger partial charge on any atom is -0.0620 e. The SMILES string of the molecule is CC1c2ccccc2C(C)c2c1ccc1ccccc21. The minimum atomic E-state index is 0.475. The van der Waals surface area contributed by atoms with Crippen molar-refractivity contribution < 1.29 is 0 Å². The maximum Gasteiger partial charge on any atom is 0.00730 e. The second-order valence-electron chi connectivity index (χ2n) is 5.86. The van der Waals surface area contributed by atoms with Crippen molar-refractivity contribution in [1.82, 2.24) is 0 Å². The van der Waals surface area contributed by atoms with Gasteiger partial charge in [-0.2, -0.15) is 0 Å². The van der Waals surface area contributed by atoms with Gasteiger partial charge >= 0.3 is 0 Å². The lowest BCUT2D eigenvalue weighted by Gasteiger charge is -2.31. The zero-order valence-corrected chi connectivity index (χ0v) is 11.9. The highest BCUT2D eigenvalue weighted by Gasteiger charge is 2.28. The van der Waals surface area contributed by atoms with Crippen molar-refractivity contribution in [3.8, 4) is 0 Å². The third-order valence-corrected chi connectivity index (χ3v) is 4.83. The molecule has 0 fully saturated rings. The first-order valence-corrected chi connectivity index (χ1v) is 7.37. The molecule has 1 aliphatic carbocycles. The van der Waals surface area contributed by atoms with Crippen LogP contribution in [0.5, 0.6) is 0 Å². The molecule has 2 unspecified atom stereocenters. The Morgan fingerprint density at radius 2 is 1.25 bits per heavy atom. The smallest absolute Gasteiger partial charge is 0.00730 e. The lowest BCUT2D eigenvalue weighted by molar-refractivity contribution is 0.778. The van der Waals surface area contributed by atoms with Crippen LogP contribution >= 0.6 is 0 Å². The molecule has 0 radical (unpaired) electrons. The Labute approximate surface area is 120 Å². The fourth-order valence-corrected chi connectivity index (χ4v) is 3.80. The summed E-state index contributed by atoms with van der Waals surface area (Å²) in [6, 6.07) is 22.3. The van der Waals surface area contributed by atoms with E-state index in [4.69, 9.17) is 0 Å². The van der Waals surface area contributed by atoms with Crippen LogP contribution in [-0.2, 0) is 0 Å². The van der Waals surface area contributed by atoms with Gasteiger partial charge < -0.3 is 0 Å². The van der Waals surface area contributed by atoms with E-state index in [-0.39, 0.29) is 0 Å². The van der Waals surface area contributed by atoms with Crippen molar-refractivity contribution in [1.29, 1.82) is 0 Å². The first-order chi connectivity index (χ1) is 9.77. The van der Waals surface area contributed by atoms with E-state index in [1.165, 1.54) is 33.0 Å². The summed E-state index contributed by atoms with van der Waals surface area (Å²) in [4.78, 5) is 0. The number of hydrogen-bond acceptors (Lipinski definition) is 0. The van der Waals surface area contributed by atoms with Gasteiger partial charge in [-0.3, -0.25) is 0 Å². The summed E-state index contributed by atoms with van der Waals surface area (Å²) >= 11 is 0. The maximum atomic E-state index is 2.34. The first kappa shape index (κ1) is 11.7. The second-order valence-corrected chi connectivity index (χ2v) is 5.86. The molecule has 0 aromatic heterocycles. The van der Waals surface area contributed by atoms with Crippen LogP contribution in [0.25, 0.3) is 10.8 Å².